The van der Waals surface area contributed by atoms with E-state index in [9.17, 15) is 0 Å². The van der Waals surface area contributed by atoms with Crippen LogP contribution in [-0.2, 0) is 0 Å². The Hall–Kier alpha value is -1.80. The van der Waals surface area contributed by atoms with Gasteiger partial charge in [0.15, 0.2) is 0 Å². The van der Waals surface area contributed by atoms with Crippen LogP contribution in [0.1, 0.15) is 0 Å². The maximum absolute atomic E-state index is 3.99. The van der Waals surface area contributed by atoms with E-state index in [1.54, 1.807) is 11.3 Å². The first kappa shape index (κ1) is 9.43. The van der Waals surface area contributed by atoms with E-state index in [0.29, 0.717) is 0 Å². The molecule has 0 saturated carbocycles. The van der Waals surface area contributed by atoms with Crippen LogP contribution in [0, 0.1) is 7.05 Å². The summed E-state index contributed by atoms with van der Waals surface area (Å²) in [5.74, 6) is 0. The summed E-state index contributed by atoms with van der Waals surface area (Å²) in [5.41, 5.74) is 1.16. The van der Waals surface area contributed by atoms with E-state index in [1.165, 1.54) is 15.0 Å². The van der Waals surface area contributed by atoms with Crippen LogP contribution in [-0.4, -0.2) is 0 Å². The van der Waals surface area contributed by atoms with Gasteiger partial charge in [0.2, 0.25) is 0 Å². The Morgan fingerprint density at radius 3 is 2.62 bits per heavy atom. The van der Waals surface area contributed by atoms with Gasteiger partial charge in [0, 0.05) is 16.6 Å². The van der Waals surface area contributed by atoms with Crippen LogP contribution in [0.4, 0.5) is 0 Å². The Bertz CT molecular complexity index is 607. The summed E-state index contributed by atoms with van der Waals surface area (Å²) in [7, 11) is 3.99. The van der Waals surface area contributed by atoms with Crippen LogP contribution in [0.2, 0.25) is 0 Å². The van der Waals surface area contributed by atoms with Gasteiger partial charge >= 0.3 is 0 Å². The van der Waals surface area contributed by atoms with Crippen molar-refractivity contribution >= 4 is 21.4 Å². The summed E-state index contributed by atoms with van der Waals surface area (Å²) in [4.78, 5) is 1.26. The van der Waals surface area contributed by atoms with Crippen molar-refractivity contribution in [1.82, 2.24) is 0 Å². The molecule has 3 aromatic rings. The summed E-state index contributed by atoms with van der Waals surface area (Å²) >= 11 is 1.80. The Kier molecular flexibility index (Phi) is 2.15. The lowest BCUT2D eigenvalue weighted by atomic mass is 10.2. The minimum absolute atomic E-state index is 1.16. The molecule has 0 saturated heterocycles. The number of rotatable bonds is 1. The zero-order chi connectivity index (χ0) is 11.0. The lowest BCUT2D eigenvalue weighted by Gasteiger charge is -2.02. The molecule has 0 bridgehead atoms. The number of aromatic nitrogens is 1. The topological polar surface area (TPSA) is 3.88 Å². The van der Waals surface area contributed by atoms with E-state index in [2.05, 4.69) is 43.4 Å². The molecule has 2 heteroatoms. The highest BCUT2D eigenvalue weighted by molar-refractivity contribution is 7.22. The molecule has 3 rings (SSSR count). The molecule has 0 fully saturated rings. The molecule has 0 aliphatic heterocycles. The van der Waals surface area contributed by atoms with E-state index < -0.39 is 0 Å². The maximum Gasteiger partial charge on any atom is 0.122 e. The van der Waals surface area contributed by atoms with Gasteiger partial charge in [-0.1, -0.05) is 30.3 Å². The molecule has 0 unspecified atom stereocenters. The molecule has 2 heterocycles. The maximum atomic E-state index is 3.99. The minimum atomic E-state index is 1.16. The number of hydrogen-bond donors (Lipinski definition) is 0. The van der Waals surface area contributed by atoms with E-state index in [4.69, 9.17) is 0 Å². The number of nitrogens with zero attached hydrogens (tertiary/aromatic N) is 1. The highest BCUT2D eigenvalue weighted by Gasteiger charge is 2.05. The van der Waals surface area contributed by atoms with Gasteiger partial charge in [-0.15, -0.1) is 11.3 Å². The molecule has 2 aromatic heterocycles. The molecular formula is C14H11NS. The highest BCUT2D eigenvalue weighted by atomic mass is 32.1. The van der Waals surface area contributed by atoms with Crippen molar-refractivity contribution in [3.8, 4) is 10.6 Å². The molecule has 0 N–H and O–H groups in total. The van der Waals surface area contributed by atoms with Crippen LogP contribution in [0.15, 0.2) is 54.7 Å². The van der Waals surface area contributed by atoms with Gasteiger partial charge in [0.1, 0.15) is 5.69 Å². The molecule has 0 spiro atoms. The Morgan fingerprint density at radius 1 is 1.00 bits per heavy atom. The van der Waals surface area contributed by atoms with E-state index in [0.717, 1.165) is 5.69 Å². The van der Waals surface area contributed by atoms with Gasteiger partial charge in [0.25, 0.3) is 0 Å². The SMILES string of the molecule is [CH2-][n+]1ccccc1-c1cc2ccccc2s1. The second-order valence-electron chi connectivity index (χ2n) is 3.70. The molecule has 0 aliphatic carbocycles. The molecule has 0 aliphatic rings. The first-order chi connectivity index (χ1) is 7.84. The minimum Gasteiger partial charge on any atom is -0.332 e. The first-order valence-electron chi connectivity index (χ1n) is 5.15. The monoisotopic (exact) mass is 225 g/mol. The fraction of sp³-hybridized carbons (Fsp3) is 0. The largest absolute Gasteiger partial charge is 0.332 e. The Morgan fingerprint density at radius 2 is 1.81 bits per heavy atom. The Balaban J connectivity index is 2.23. The fourth-order valence-corrected chi connectivity index (χ4v) is 2.91. The van der Waals surface area contributed by atoms with Gasteiger partial charge < -0.3 is 4.57 Å². The standard InChI is InChI=1S/C14H11NS/c1-15-9-5-4-7-12(15)14-10-11-6-2-3-8-13(11)16-14/h2-10H,1H2. The van der Waals surface area contributed by atoms with Crippen molar-refractivity contribution in [3.63, 3.8) is 0 Å². The van der Waals surface area contributed by atoms with E-state index in [1.807, 2.05) is 22.9 Å². The highest BCUT2D eigenvalue weighted by Crippen LogP contribution is 2.31. The summed E-state index contributed by atoms with van der Waals surface area (Å²) in [6.45, 7) is 0. The number of fused-ring (bicyclic) bond motifs is 1. The van der Waals surface area contributed by atoms with Gasteiger partial charge in [-0.3, -0.25) is 0 Å². The smallest absolute Gasteiger partial charge is 0.122 e. The average Bonchev–Trinajstić information content (AvgIpc) is 2.73. The number of thiophene rings is 1. The predicted molar refractivity (Wildman–Crippen MR) is 68.2 cm³/mol. The second kappa shape index (κ2) is 3.65. The summed E-state index contributed by atoms with van der Waals surface area (Å²) in [5, 5.41) is 1.30. The van der Waals surface area contributed by atoms with Crippen LogP contribution >= 0.6 is 11.3 Å². The third-order valence-electron chi connectivity index (χ3n) is 2.62. The van der Waals surface area contributed by atoms with Crippen molar-refractivity contribution in [2.45, 2.75) is 0 Å². The van der Waals surface area contributed by atoms with E-state index >= 15 is 0 Å². The van der Waals surface area contributed by atoms with Gasteiger partial charge in [-0.2, -0.15) is 0 Å². The average molecular weight is 225 g/mol. The molecule has 78 valence electrons. The van der Waals surface area contributed by atoms with Gasteiger partial charge in [-0.25, -0.2) is 0 Å². The predicted octanol–water partition coefficient (Wildman–Crippen LogP) is 3.50. The van der Waals surface area contributed by atoms with Crippen molar-refractivity contribution in [1.29, 1.82) is 0 Å². The lowest BCUT2D eigenvalue weighted by molar-refractivity contribution is -0.600. The summed E-state index contributed by atoms with van der Waals surface area (Å²) in [6, 6.07) is 16.8. The van der Waals surface area contributed by atoms with E-state index in [-0.39, 0.29) is 0 Å². The van der Waals surface area contributed by atoms with Crippen LogP contribution < -0.4 is 4.57 Å². The van der Waals surface area contributed by atoms with Crippen LogP contribution in [0.3, 0.4) is 0 Å². The lowest BCUT2D eigenvalue weighted by Crippen LogP contribution is -2.26. The molecular weight excluding hydrogens is 214 g/mol. The third kappa shape index (κ3) is 1.48. The zero-order valence-electron chi connectivity index (χ0n) is 8.76. The fourth-order valence-electron chi connectivity index (χ4n) is 1.81. The summed E-state index contributed by atoms with van der Waals surface area (Å²) < 4.78 is 3.23. The Labute approximate surface area is 98.6 Å². The normalized spacial score (nSPS) is 10.8. The van der Waals surface area contributed by atoms with Crippen molar-refractivity contribution in [2.24, 2.45) is 0 Å². The molecule has 1 aromatic carbocycles. The quantitative estimate of drug-likeness (QED) is 0.441. The zero-order valence-corrected chi connectivity index (χ0v) is 9.58. The molecule has 1 nitrogen and oxygen atoms in total. The van der Waals surface area contributed by atoms with Gasteiger partial charge in [-0.05, 0) is 23.6 Å². The first-order valence-corrected chi connectivity index (χ1v) is 5.97. The van der Waals surface area contributed by atoms with Crippen molar-refractivity contribution < 1.29 is 4.57 Å². The van der Waals surface area contributed by atoms with Gasteiger partial charge in [0.05, 0.1) is 6.20 Å². The molecule has 16 heavy (non-hydrogen) atoms. The number of hydrogen-bond acceptors (Lipinski definition) is 1. The van der Waals surface area contributed by atoms with Crippen molar-refractivity contribution in [3.05, 3.63) is 61.8 Å². The van der Waals surface area contributed by atoms with Crippen LogP contribution in [0.25, 0.3) is 20.7 Å². The molecule has 0 atom stereocenters. The summed E-state index contributed by atoms with van der Waals surface area (Å²) in [6.07, 6.45) is 1.97. The number of benzene rings is 1. The molecule has 0 radical (unpaired) electrons. The second-order valence-corrected chi connectivity index (χ2v) is 4.79. The number of pyridine rings is 1. The third-order valence-corrected chi connectivity index (χ3v) is 3.76. The van der Waals surface area contributed by atoms with Crippen LogP contribution in [0.5, 0.6) is 0 Å². The molecule has 0 amide bonds. The van der Waals surface area contributed by atoms with Crippen molar-refractivity contribution in [2.75, 3.05) is 0 Å².